The Morgan fingerprint density at radius 3 is 1.05 bits per heavy atom. The summed E-state index contributed by atoms with van der Waals surface area (Å²) >= 11 is 8.19. The SMILES string of the molecule is Cc1[nH]c(C)c2c1SC(C1Sc3c(C)[nH]c(C)c3S1)S2. The Labute approximate surface area is 136 Å². The first-order valence-electron chi connectivity index (χ1n) is 6.59. The van der Waals surface area contributed by atoms with Crippen LogP contribution in [0, 0.1) is 27.7 Å². The van der Waals surface area contributed by atoms with Crippen LogP contribution in [0.25, 0.3) is 0 Å². The fraction of sp³-hybridized carbons (Fsp3) is 0.429. The van der Waals surface area contributed by atoms with Crippen LogP contribution in [0.1, 0.15) is 22.8 Å². The van der Waals surface area contributed by atoms with E-state index in [0.717, 1.165) is 0 Å². The van der Waals surface area contributed by atoms with Crippen molar-refractivity contribution < 1.29 is 0 Å². The molecule has 4 rings (SSSR count). The van der Waals surface area contributed by atoms with Crippen LogP contribution in [0.15, 0.2) is 19.6 Å². The van der Waals surface area contributed by atoms with Crippen molar-refractivity contribution in [2.45, 2.75) is 56.4 Å². The van der Waals surface area contributed by atoms with Gasteiger partial charge in [0, 0.05) is 42.4 Å². The minimum Gasteiger partial charge on any atom is -0.361 e. The highest BCUT2D eigenvalue weighted by Gasteiger charge is 2.39. The molecule has 0 radical (unpaired) electrons. The normalized spacial score (nSPS) is 18.8. The van der Waals surface area contributed by atoms with Crippen LogP contribution in [0.2, 0.25) is 0 Å². The third kappa shape index (κ3) is 1.91. The smallest absolute Gasteiger partial charge is 0.0815 e. The van der Waals surface area contributed by atoms with Gasteiger partial charge in [0.1, 0.15) is 0 Å². The van der Waals surface area contributed by atoms with E-state index < -0.39 is 0 Å². The maximum Gasteiger partial charge on any atom is 0.0815 e. The standard InChI is InChI=1S/C14H16N2S4/c1-5-9-10(6(2)15-5)18-13(17-9)14-19-11-7(3)16-8(4)12(11)20-14/h13-16H,1-4H3. The van der Waals surface area contributed by atoms with Crippen molar-refractivity contribution in [3.8, 4) is 0 Å². The van der Waals surface area contributed by atoms with Gasteiger partial charge in [-0.2, -0.15) is 0 Å². The number of thioether (sulfide) groups is 4. The van der Waals surface area contributed by atoms with Crippen molar-refractivity contribution in [3.63, 3.8) is 0 Å². The Bertz CT molecular complexity index is 587. The molecule has 2 nitrogen and oxygen atoms in total. The lowest BCUT2D eigenvalue weighted by atomic mass is 10.4. The number of fused-ring (bicyclic) bond motifs is 2. The minimum absolute atomic E-state index is 0.619. The molecule has 6 heteroatoms. The van der Waals surface area contributed by atoms with Gasteiger partial charge in [-0.25, -0.2) is 0 Å². The third-order valence-corrected chi connectivity index (χ3v) is 10.8. The molecule has 20 heavy (non-hydrogen) atoms. The molecule has 0 spiro atoms. The average Bonchev–Trinajstić information content (AvgIpc) is 3.09. The molecule has 0 aliphatic carbocycles. The summed E-state index contributed by atoms with van der Waals surface area (Å²) in [6, 6.07) is 0. The Kier molecular flexibility index (Phi) is 3.22. The number of hydrogen-bond donors (Lipinski definition) is 2. The molecule has 0 amide bonds. The van der Waals surface area contributed by atoms with Crippen LogP contribution in [0.5, 0.6) is 0 Å². The number of aryl methyl sites for hydroxylation is 4. The molecule has 2 N–H and O–H groups in total. The second kappa shape index (κ2) is 4.73. The Balaban J connectivity index is 1.58. The summed E-state index contributed by atoms with van der Waals surface area (Å²) in [7, 11) is 0. The summed E-state index contributed by atoms with van der Waals surface area (Å²) in [5.74, 6) is 0. The van der Waals surface area contributed by atoms with E-state index >= 15 is 0 Å². The zero-order valence-electron chi connectivity index (χ0n) is 11.8. The molecule has 2 aliphatic rings. The summed E-state index contributed by atoms with van der Waals surface area (Å²) in [6.07, 6.45) is 0. The van der Waals surface area contributed by atoms with Gasteiger partial charge < -0.3 is 9.97 Å². The number of aromatic nitrogens is 2. The summed E-state index contributed by atoms with van der Waals surface area (Å²) < 4.78 is 1.24. The van der Waals surface area contributed by atoms with E-state index in [-0.39, 0.29) is 0 Å². The van der Waals surface area contributed by atoms with E-state index in [9.17, 15) is 0 Å². The number of nitrogens with one attached hydrogen (secondary N) is 2. The van der Waals surface area contributed by atoms with Gasteiger partial charge in [0.15, 0.2) is 0 Å². The van der Waals surface area contributed by atoms with Gasteiger partial charge in [0.25, 0.3) is 0 Å². The summed E-state index contributed by atoms with van der Waals surface area (Å²) in [6.45, 7) is 8.76. The molecule has 0 atom stereocenters. The second-order valence-electron chi connectivity index (χ2n) is 5.27. The Morgan fingerprint density at radius 2 is 0.800 bits per heavy atom. The zero-order chi connectivity index (χ0) is 14.0. The molecule has 2 aromatic rings. The van der Waals surface area contributed by atoms with E-state index in [1.54, 1.807) is 0 Å². The second-order valence-corrected chi connectivity index (χ2v) is 10.5. The molecule has 0 bridgehead atoms. The molecular formula is C14H16N2S4. The van der Waals surface area contributed by atoms with Crippen molar-refractivity contribution >= 4 is 47.0 Å². The fourth-order valence-electron chi connectivity index (χ4n) is 2.77. The highest BCUT2D eigenvalue weighted by atomic mass is 32.2. The Morgan fingerprint density at radius 1 is 0.550 bits per heavy atom. The average molecular weight is 341 g/mol. The van der Waals surface area contributed by atoms with Gasteiger partial charge in [-0.1, -0.05) is 0 Å². The third-order valence-electron chi connectivity index (χ3n) is 3.68. The molecule has 0 fully saturated rings. The number of hydrogen-bond acceptors (Lipinski definition) is 4. The highest BCUT2D eigenvalue weighted by molar-refractivity contribution is 8.26. The van der Waals surface area contributed by atoms with Gasteiger partial charge in [-0.3, -0.25) is 0 Å². The monoisotopic (exact) mass is 340 g/mol. The van der Waals surface area contributed by atoms with Crippen molar-refractivity contribution in [1.82, 2.24) is 9.97 Å². The first-order chi connectivity index (χ1) is 9.54. The topological polar surface area (TPSA) is 31.6 Å². The van der Waals surface area contributed by atoms with Crippen LogP contribution in [0.3, 0.4) is 0 Å². The lowest BCUT2D eigenvalue weighted by Crippen LogP contribution is -2.07. The number of rotatable bonds is 1. The predicted octanol–water partition coefficient (Wildman–Crippen LogP) is 5.32. The van der Waals surface area contributed by atoms with Crippen LogP contribution in [0.4, 0.5) is 0 Å². The summed E-state index contributed by atoms with van der Waals surface area (Å²) in [5, 5.41) is 0. The molecule has 0 saturated heterocycles. The zero-order valence-corrected chi connectivity index (χ0v) is 15.1. The van der Waals surface area contributed by atoms with Gasteiger partial charge in [0.2, 0.25) is 0 Å². The number of H-pyrrole nitrogens is 2. The molecule has 0 saturated carbocycles. The molecule has 2 aliphatic heterocycles. The lowest BCUT2D eigenvalue weighted by molar-refractivity contribution is 1.15. The molecule has 4 heterocycles. The first-order valence-corrected chi connectivity index (χ1v) is 10.1. The maximum atomic E-state index is 3.46. The van der Waals surface area contributed by atoms with Crippen LogP contribution >= 0.6 is 47.0 Å². The fourth-order valence-corrected chi connectivity index (χ4v) is 9.55. The van der Waals surface area contributed by atoms with Gasteiger partial charge in [-0.05, 0) is 27.7 Å². The molecular weight excluding hydrogens is 324 g/mol. The molecule has 0 unspecified atom stereocenters. The summed E-state index contributed by atoms with van der Waals surface area (Å²) in [5.41, 5.74) is 5.33. The quantitative estimate of drug-likeness (QED) is 0.735. The van der Waals surface area contributed by atoms with E-state index in [1.165, 1.54) is 42.4 Å². The minimum atomic E-state index is 0.619. The predicted molar refractivity (Wildman–Crippen MR) is 91.5 cm³/mol. The Hall–Kier alpha value is -0.0400. The number of aromatic amines is 2. The lowest BCUT2D eigenvalue weighted by Gasteiger charge is -2.15. The van der Waals surface area contributed by atoms with Crippen molar-refractivity contribution in [2.24, 2.45) is 0 Å². The highest BCUT2D eigenvalue weighted by Crippen LogP contribution is 2.61. The van der Waals surface area contributed by atoms with E-state index in [4.69, 9.17) is 0 Å². The largest absolute Gasteiger partial charge is 0.361 e. The first kappa shape index (κ1) is 13.6. The van der Waals surface area contributed by atoms with E-state index in [2.05, 4.69) is 37.7 Å². The van der Waals surface area contributed by atoms with Crippen molar-refractivity contribution in [2.75, 3.05) is 0 Å². The van der Waals surface area contributed by atoms with Gasteiger partial charge >= 0.3 is 0 Å². The summed E-state index contributed by atoms with van der Waals surface area (Å²) in [4.78, 5) is 12.8. The van der Waals surface area contributed by atoms with E-state index in [0.29, 0.717) is 9.16 Å². The van der Waals surface area contributed by atoms with Crippen LogP contribution < -0.4 is 0 Å². The van der Waals surface area contributed by atoms with Gasteiger partial charge in [-0.15, -0.1) is 47.0 Å². The van der Waals surface area contributed by atoms with Gasteiger partial charge in [0.05, 0.1) is 9.16 Å². The van der Waals surface area contributed by atoms with Crippen LogP contribution in [-0.2, 0) is 0 Å². The molecule has 2 aromatic heterocycles. The molecule has 106 valence electrons. The van der Waals surface area contributed by atoms with Crippen molar-refractivity contribution in [3.05, 3.63) is 22.8 Å². The van der Waals surface area contributed by atoms with E-state index in [1.807, 2.05) is 47.0 Å². The van der Waals surface area contributed by atoms with Crippen molar-refractivity contribution in [1.29, 1.82) is 0 Å². The molecule has 0 aromatic carbocycles. The van der Waals surface area contributed by atoms with Crippen LogP contribution in [-0.4, -0.2) is 19.1 Å². The maximum absolute atomic E-state index is 3.46.